The Morgan fingerprint density at radius 1 is 1.29 bits per heavy atom. The van der Waals surface area contributed by atoms with E-state index in [2.05, 4.69) is 4.72 Å². The van der Waals surface area contributed by atoms with E-state index in [4.69, 9.17) is 0 Å². The van der Waals surface area contributed by atoms with E-state index in [0.29, 0.717) is 5.69 Å². The third-order valence-corrected chi connectivity index (χ3v) is 1.38. The highest BCUT2D eigenvalue weighted by Gasteiger charge is 1.84. The van der Waals surface area contributed by atoms with Gasteiger partial charge < -0.3 is 14.1 Å². The Morgan fingerprint density at radius 3 is 2.07 bits per heavy atom. The van der Waals surface area contributed by atoms with Crippen molar-refractivity contribution >= 4 is 22.7 Å². The van der Waals surface area contributed by atoms with Crippen molar-refractivity contribution < 1.29 is 13.6 Å². The third kappa shape index (κ3) is 8.89. The van der Waals surface area contributed by atoms with Crippen molar-refractivity contribution in [2.75, 3.05) is 4.72 Å². The SMILES string of the molecule is CC(C)=O.O=S([O-])Nc1ccccc1. The summed E-state index contributed by atoms with van der Waals surface area (Å²) in [7, 11) is 0. The molecule has 0 aliphatic heterocycles. The molecule has 4 nitrogen and oxygen atoms in total. The van der Waals surface area contributed by atoms with Gasteiger partial charge >= 0.3 is 0 Å². The number of carbonyl (C=O) groups is 1. The van der Waals surface area contributed by atoms with Gasteiger partial charge in [-0.15, -0.1) is 0 Å². The van der Waals surface area contributed by atoms with Crippen molar-refractivity contribution in [1.29, 1.82) is 0 Å². The summed E-state index contributed by atoms with van der Waals surface area (Å²) in [4.78, 5) is 9.44. The summed E-state index contributed by atoms with van der Waals surface area (Å²) in [6.07, 6.45) is 0. The molecule has 0 saturated carbocycles. The highest BCUT2D eigenvalue weighted by atomic mass is 32.2. The summed E-state index contributed by atoms with van der Waals surface area (Å²) in [5, 5.41) is 0. The first-order valence-electron chi connectivity index (χ1n) is 3.90. The van der Waals surface area contributed by atoms with Gasteiger partial charge in [-0.3, -0.25) is 4.21 Å². The molecule has 1 aromatic carbocycles. The van der Waals surface area contributed by atoms with Crippen LogP contribution in [-0.2, 0) is 16.1 Å². The number of ketones is 1. The van der Waals surface area contributed by atoms with Crippen molar-refractivity contribution in [2.45, 2.75) is 13.8 Å². The maximum absolute atomic E-state index is 10.1. The molecule has 1 unspecified atom stereocenters. The number of Topliss-reactive ketones (excluding diaryl/α,β-unsaturated/α-hetero) is 1. The van der Waals surface area contributed by atoms with Crippen LogP contribution in [0.15, 0.2) is 30.3 Å². The zero-order valence-electron chi connectivity index (χ0n) is 8.02. The van der Waals surface area contributed by atoms with Crippen LogP contribution in [0.25, 0.3) is 0 Å². The van der Waals surface area contributed by atoms with Gasteiger partial charge in [-0.1, -0.05) is 18.2 Å². The summed E-state index contributed by atoms with van der Waals surface area (Å²) in [6.45, 7) is 3.06. The van der Waals surface area contributed by atoms with Crippen molar-refractivity contribution in [3.05, 3.63) is 30.3 Å². The molecule has 0 saturated heterocycles. The van der Waals surface area contributed by atoms with Crippen LogP contribution in [0.5, 0.6) is 0 Å². The largest absolute Gasteiger partial charge is 0.755 e. The summed E-state index contributed by atoms with van der Waals surface area (Å²) in [5.74, 6) is 0.167. The minimum Gasteiger partial charge on any atom is -0.755 e. The molecule has 14 heavy (non-hydrogen) atoms. The lowest BCUT2D eigenvalue weighted by Gasteiger charge is -2.06. The predicted octanol–water partition coefficient (Wildman–Crippen LogP) is 1.49. The van der Waals surface area contributed by atoms with Crippen LogP contribution in [0, 0.1) is 0 Å². The number of carbonyl (C=O) groups excluding carboxylic acids is 1. The Bertz CT molecular complexity index is 296. The molecule has 0 aromatic heterocycles. The van der Waals surface area contributed by atoms with Crippen LogP contribution in [0.2, 0.25) is 0 Å². The lowest BCUT2D eigenvalue weighted by Crippen LogP contribution is -2.01. The van der Waals surface area contributed by atoms with Gasteiger partial charge in [-0.05, 0) is 26.0 Å². The topological polar surface area (TPSA) is 69.2 Å². The third-order valence-electron chi connectivity index (χ3n) is 0.975. The fourth-order valence-corrected chi connectivity index (χ4v) is 0.931. The molecule has 1 atom stereocenters. The molecule has 0 radical (unpaired) electrons. The zero-order chi connectivity index (χ0) is 11.0. The lowest BCUT2D eigenvalue weighted by molar-refractivity contribution is -0.114. The zero-order valence-corrected chi connectivity index (χ0v) is 8.84. The summed E-state index contributed by atoms with van der Waals surface area (Å²) in [5.41, 5.74) is 0.579. The average Bonchev–Trinajstić information content (AvgIpc) is 2.03. The van der Waals surface area contributed by atoms with Crippen molar-refractivity contribution in [2.24, 2.45) is 0 Å². The first-order chi connectivity index (χ1) is 6.52. The van der Waals surface area contributed by atoms with Crippen LogP contribution in [-0.4, -0.2) is 14.5 Å². The van der Waals surface area contributed by atoms with E-state index in [9.17, 15) is 13.6 Å². The number of anilines is 1. The second-order valence-corrected chi connectivity index (χ2v) is 3.28. The van der Waals surface area contributed by atoms with E-state index in [1.807, 2.05) is 6.07 Å². The van der Waals surface area contributed by atoms with Gasteiger partial charge in [-0.2, -0.15) is 0 Å². The molecule has 5 heteroatoms. The number of benzene rings is 1. The Morgan fingerprint density at radius 2 is 1.71 bits per heavy atom. The standard InChI is InChI=1S/C6H7NO2S.C3H6O/c8-10(9)7-6-4-2-1-3-5-6;1-3(2)4/h1-5,7H,(H,8,9);1-2H3/p-1. The van der Waals surface area contributed by atoms with Crippen LogP contribution < -0.4 is 4.72 Å². The molecular weight excluding hydrogens is 202 g/mol. The van der Waals surface area contributed by atoms with Crippen LogP contribution >= 0.6 is 0 Å². The molecule has 1 N–H and O–H groups in total. The maximum atomic E-state index is 10.1. The van der Waals surface area contributed by atoms with Crippen LogP contribution in [0.3, 0.4) is 0 Å². The van der Waals surface area contributed by atoms with E-state index in [1.54, 1.807) is 24.3 Å². The van der Waals surface area contributed by atoms with Gasteiger partial charge in [0.1, 0.15) is 5.78 Å². The van der Waals surface area contributed by atoms with E-state index in [0.717, 1.165) is 0 Å². The average molecular weight is 214 g/mol. The molecule has 0 aliphatic rings. The highest BCUT2D eigenvalue weighted by molar-refractivity contribution is 7.80. The molecule has 0 bridgehead atoms. The van der Waals surface area contributed by atoms with Crippen molar-refractivity contribution in [3.8, 4) is 0 Å². The van der Waals surface area contributed by atoms with Crippen molar-refractivity contribution in [1.82, 2.24) is 0 Å². The summed E-state index contributed by atoms with van der Waals surface area (Å²) in [6, 6.07) is 8.69. The Labute approximate surface area is 85.8 Å². The number of rotatable bonds is 2. The molecule has 1 rings (SSSR count). The maximum Gasteiger partial charge on any atom is 0.126 e. The molecular formula is C9H12NO3S-. The Balaban J connectivity index is 0.000000364. The normalized spacial score (nSPS) is 10.8. The number of nitrogens with one attached hydrogen (secondary N) is 1. The molecule has 0 spiro atoms. The highest BCUT2D eigenvalue weighted by Crippen LogP contribution is 2.04. The van der Waals surface area contributed by atoms with Crippen LogP contribution in [0.4, 0.5) is 5.69 Å². The smallest absolute Gasteiger partial charge is 0.126 e. The van der Waals surface area contributed by atoms with Gasteiger partial charge in [0.2, 0.25) is 0 Å². The van der Waals surface area contributed by atoms with Gasteiger partial charge in [-0.25, -0.2) is 0 Å². The molecule has 0 amide bonds. The minimum absolute atomic E-state index is 0.167. The second kappa shape index (κ2) is 7.23. The first-order valence-corrected chi connectivity index (χ1v) is 4.98. The van der Waals surface area contributed by atoms with Gasteiger partial charge in [0, 0.05) is 17.0 Å². The predicted molar refractivity (Wildman–Crippen MR) is 55.3 cm³/mol. The first kappa shape index (κ1) is 12.8. The molecule has 78 valence electrons. The fourth-order valence-electron chi connectivity index (χ4n) is 0.602. The minimum atomic E-state index is -2.22. The molecule has 0 heterocycles. The summed E-state index contributed by atoms with van der Waals surface area (Å²) < 4.78 is 22.3. The lowest BCUT2D eigenvalue weighted by atomic mass is 10.3. The second-order valence-electron chi connectivity index (χ2n) is 2.61. The van der Waals surface area contributed by atoms with E-state index in [-0.39, 0.29) is 5.78 Å². The monoisotopic (exact) mass is 214 g/mol. The molecule has 0 aliphatic carbocycles. The van der Waals surface area contributed by atoms with E-state index >= 15 is 0 Å². The number of hydrogen-bond acceptors (Lipinski definition) is 3. The van der Waals surface area contributed by atoms with E-state index in [1.165, 1.54) is 13.8 Å². The Kier molecular flexibility index (Phi) is 6.61. The Hall–Kier alpha value is -1.20. The fraction of sp³-hybridized carbons (Fsp3) is 0.222. The molecule has 0 fully saturated rings. The van der Waals surface area contributed by atoms with Gasteiger partial charge in [0.15, 0.2) is 0 Å². The summed E-state index contributed by atoms with van der Waals surface area (Å²) >= 11 is -2.22. The van der Waals surface area contributed by atoms with Crippen molar-refractivity contribution in [3.63, 3.8) is 0 Å². The van der Waals surface area contributed by atoms with Gasteiger partial charge in [0.05, 0.1) is 0 Å². The number of hydrogen-bond donors (Lipinski definition) is 1. The van der Waals surface area contributed by atoms with Gasteiger partial charge in [0.25, 0.3) is 0 Å². The quantitative estimate of drug-likeness (QED) is 0.758. The molecule has 1 aromatic rings. The van der Waals surface area contributed by atoms with E-state index < -0.39 is 11.3 Å². The van der Waals surface area contributed by atoms with Crippen LogP contribution in [0.1, 0.15) is 13.8 Å². The number of para-hydroxylation sites is 1.